The molecule has 9 unspecified atom stereocenters. The molecule has 6 fully saturated rings. The molecule has 6 aliphatic rings. The van der Waals surface area contributed by atoms with Crippen LogP contribution in [-0.4, -0.2) is 57.6 Å². The van der Waals surface area contributed by atoms with Gasteiger partial charge in [-0.15, -0.1) is 0 Å². The van der Waals surface area contributed by atoms with Gasteiger partial charge in [-0.3, -0.25) is 14.4 Å². The topological polar surface area (TPSA) is 160 Å². The Bertz CT molecular complexity index is 888. The molecule has 0 aromatic carbocycles. The Balaban J connectivity index is 1.39. The van der Waals surface area contributed by atoms with Gasteiger partial charge in [-0.2, -0.15) is 5.26 Å². The molecule has 9 atom stereocenters. The van der Waals surface area contributed by atoms with Gasteiger partial charge in [0.25, 0.3) is 0 Å². The molecule has 0 spiro atoms. The number of nitrogens with two attached hydrogens (primary N) is 2. The highest BCUT2D eigenvalue weighted by Gasteiger charge is 2.62. The van der Waals surface area contributed by atoms with Crippen LogP contribution in [0, 0.1) is 34.5 Å². The number of likely N-dealkylation sites (tertiary alicyclic amines) is 1. The number of carboxylic acids is 1. The number of piperidine rings is 1. The minimum Gasteiger partial charge on any atom is -0.481 e. The van der Waals surface area contributed by atoms with Crippen LogP contribution in [0.5, 0.6) is 0 Å². The third kappa shape index (κ3) is 3.48. The summed E-state index contributed by atoms with van der Waals surface area (Å²) in [4.78, 5) is 39.0. The van der Waals surface area contributed by atoms with E-state index in [2.05, 4.69) is 6.07 Å². The van der Waals surface area contributed by atoms with Crippen LogP contribution in [0.3, 0.4) is 0 Å². The molecule has 0 radical (unpaired) electrons. The maximum absolute atomic E-state index is 13.6. The second-order valence-electron chi connectivity index (χ2n) is 11.1. The monoisotopic (exact) mass is 444 g/mol. The van der Waals surface area contributed by atoms with Gasteiger partial charge in [0, 0.05) is 6.04 Å². The molecule has 5 N–H and O–H groups in total. The smallest absolute Gasteiger partial charge is 0.324 e. The van der Waals surface area contributed by atoms with Gasteiger partial charge in [0.15, 0.2) is 0 Å². The predicted octanol–water partition coefficient (Wildman–Crippen LogP) is 0.901. The number of aliphatic carboxylic acids is 1. The maximum atomic E-state index is 13.6. The first-order chi connectivity index (χ1) is 15.2. The first kappa shape index (κ1) is 21.7. The molecule has 1 saturated heterocycles. The van der Waals surface area contributed by atoms with E-state index in [9.17, 15) is 19.6 Å². The molecule has 174 valence electrons. The molecule has 1 amide bonds. The van der Waals surface area contributed by atoms with Gasteiger partial charge in [-0.1, -0.05) is 0 Å². The second kappa shape index (κ2) is 7.42. The fourth-order valence-electron chi connectivity index (χ4n) is 7.65. The van der Waals surface area contributed by atoms with Gasteiger partial charge in [0.1, 0.15) is 17.7 Å². The van der Waals surface area contributed by atoms with Crippen molar-refractivity contribution in [3.8, 4) is 6.07 Å². The summed E-state index contributed by atoms with van der Waals surface area (Å²) in [6.45, 7) is 0. The van der Waals surface area contributed by atoms with Gasteiger partial charge in [-0.05, 0) is 81.0 Å². The summed E-state index contributed by atoms with van der Waals surface area (Å²) < 4.78 is 5.99. The number of carbonyl (C=O) groups excluding carboxylic acids is 2. The lowest BCUT2D eigenvalue weighted by atomic mass is 9.57. The highest BCUT2D eigenvalue weighted by molar-refractivity contribution is 5.85. The molecule has 6 rings (SSSR count). The number of hydrogen-bond donors (Lipinski definition) is 3. The Morgan fingerprint density at radius 3 is 2.62 bits per heavy atom. The molecule has 4 bridgehead atoms. The summed E-state index contributed by atoms with van der Waals surface area (Å²) in [5.74, 6) is -0.823. The fraction of sp³-hybridized carbons (Fsp3) is 0.826. The van der Waals surface area contributed by atoms with E-state index in [1.54, 1.807) is 4.90 Å². The van der Waals surface area contributed by atoms with Gasteiger partial charge in [-0.25, -0.2) is 0 Å². The molecule has 9 nitrogen and oxygen atoms in total. The van der Waals surface area contributed by atoms with Crippen LogP contribution < -0.4 is 11.5 Å². The van der Waals surface area contributed by atoms with Crippen LogP contribution in [0.2, 0.25) is 0 Å². The summed E-state index contributed by atoms with van der Waals surface area (Å²) in [5, 5.41) is 18.5. The zero-order valence-electron chi connectivity index (χ0n) is 18.2. The summed E-state index contributed by atoms with van der Waals surface area (Å²) in [6, 6.07) is 0.0878. The Labute approximate surface area is 187 Å². The molecule has 1 aliphatic heterocycles. The summed E-state index contributed by atoms with van der Waals surface area (Å²) >= 11 is 0. The highest BCUT2D eigenvalue weighted by Crippen LogP contribution is 2.61. The number of nitrogens with zero attached hydrogens (tertiary/aromatic N) is 2. The number of fused-ring (bicyclic) bond motifs is 2. The Hall–Kier alpha value is -2.18. The number of ether oxygens (including phenoxy) is 1. The van der Waals surface area contributed by atoms with E-state index in [0.29, 0.717) is 37.0 Å². The van der Waals surface area contributed by atoms with Crippen molar-refractivity contribution >= 4 is 17.8 Å². The third-order valence-electron chi connectivity index (χ3n) is 8.86. The summed E-state index contributed by atoms with van der Waals surface area (Å²) in [7, 11) is 0. The van der Waals surface area contributed by atoms with Crippen molar-refractivity contribution < 1.29 is 24.2 Å². The summed E-state index contributed by atoms with van der Waals surface area (Å²) in [5.41, 5.74) is 11.3. The van der Waals surface area contributed by atoms with Gasteiger partial charge < -0.3 is 26.2 Å². The van der Waals surface area contributed by atoms with Crippen LogP contribution in [0.1, 0.15) is 64.2 Å². The van der Waals surface area contributed by atoms with Crippen molar-refractivity contribution in [3.63, 3.8) is 0 Å². The largest absolute Gasteiger partial charge is 0.481 e. The Morgan fingerprint density at radius 2 is 1.91 bits per heavy atom. The van der Waals surface area contributed by atoms with E-state index in [-0.39, 0.29) is 11.9 Å². The molecule has 9 heteroatoms. The van der Waals surface area contributed by atoms with Crippen molar-refractivity contribution in [3.05, 3.63) is 0 Å². The second-order valence-corrected chi connectivity index (χ2v) is 11.1. The molecule has 32 heavy (non-hydrogen) atoms. The first-order valence-electron chi connectivity index (χ1n) is 11.8. The number of carboxylic acid groups (broad SMARTS) is 1. The van der Waals surface area contributed by atoms with Crippen molar-refractivity contribution in [2.24, 2.45) is 34.6 Å². The van der Waals surface area contributed by atoms with Crippen LogP contribution in [-0.2, 0) is 19.1 Å². The fourth-order valence-corrected chi connectivity index (χ4v) is 7.65. The standard InChI is InChI=1S/C23H32N4O5/c24-10-15-4-14-5-17(14)27(15)20(30)19(26)22-2-1-12-3-13(7-22)9-23(8-12,11-22)32-21(31)16(25)6-18(28)29/h12-17,19H,1-9,11,25-26H2,(H,28,29). The lowest BCUT2D eigenvalue weighted by Crippen LogP contribution is -2.60. The minimum absolute atomic E-state index is 0.134. The Kier molecular flexibility index (Phi) is 5.02. The molecule has 1 heterocycles. The number of carbonyl (C=O) groups is 3. The molecule has 0 aromatic heterocycles. The zero-order valence-corrected chi connectivity index (χ0v) is 18.2. The maximum Gasteiger partial charge on any atom is 0.324 e. The quantitative estimate of drug-likeness (QED) is 0.509. The molecular weight excluding hydrogens is 412 g/mol. The van der Waals surface area contributed by atoms with E-state index in [1.807, 2.05) is 0 Å². The average Bonchev–Trinajstić information content (AvgIpc) is 3.43. The average molecular weight is 445 g/mol. The number of hydrogen-bond acceptors (Lipinski definition) is 7. The van der Waals surface area contributed by atoms with E-state index < -0.39 is 47.5 Å². The number of amides is 1. The van der Waals surface area contributed by atoms with E-state index in [4.69, 9.17) is 21.3 Å². The molecule has 5 saturated carbocycles. The predicted molar refractivity (Wildman–Crippen MR) is 112 cm³/mol. The third-order valence-corrected chi connectivity index (χ3v) is 8.86. The SMILES string of the molecule is N#CC1CC2CC2N1C(=O)C(N)C12CCC3CC(CC(OC(=O)C(N)CC(=O)O)(C3)C1)C2. The van der Waals surface area contributed by atoms with Crippen LogP contribution in [0.25, 0.3) is 0 Å². The highest BCUT2D eigenvalue weighted by atomic mass is 16.6. The number of esters is 1. The van der Waals surface area contributed by atoms with Crippen molar-refractivity contribution in [1.82, 2.24) is 4.90 Å². The van der Waals surface area contributed by atoms with Crippen LogP contribution in [0.15, 0.2) is 0 Å². The lowest BCUT2D eigenvalue weighted by molar-refractivity contribution is -0.183. The van der Waals surface area contributed by atoms with Crippen molar-refractivity contribution in [2.45, 2.75) is 94.0 Å². The Morgan fingerprint density at radius 1 is 1.16 bits per heavy atom. The van der Waals surface area contributed by atoms with Crippen LogP contribution >= 0.6 is 0 Å². The number of nitriles is 1. The summed E-state index contributed by atoms with van der Waals surface area (Å²) in [6.07, 6.45) is 6.76. The van der Waals surface area contributed by atoms with Gasteiger partial charge >= 0.3 is 11.9 Å². The normalized spacial score (nSPS) is 43.0. The van der Waals surface area contributed by atoms with Gasteiger partial charge in [0.2, 0.25) is 5.91 Å². The van der Waals surface area contributed by atoms with Crippen molar-refractivity contribution in [1.29, 1.82) is 5.26 Å². The molecule has 0 aromatic rings. The van der Waals surface area contributed by atoms with Crippen LogP contribution in [0.4, 0.5) is 0 Å². The zero-order chi connectivity index (χ0) is 22.8. The minimum atomic E-state index is -1.21. The first-order valence-corrected chi connectivity index (χ1v) is 11.8. The van der Waals surface area contributed by atoms with E-state index in [1.165, 1.54) is 0 Å². The van der Waals surface area contributed by atoms with E-state index >= 15 is 0 Å². The van der Waals surface area contributed by atoms with Gasteiger partial charge in [0.05, 0.1) is 18.5 Å². The number of rotatable bonds is 6. The molecule has 5 aliphatic carbocycles. The lowest BCUT2D eigenvalue weighted by Gasteiger charge is -2.53. The van der Waals surface area contributed by atoms with Crippen molar-refractivity contribution in [2.75, 3.05) is 0 Å². The molecular formula is C23H32N4O5. The van der Waals surface area contributed by atoms with E-state index in [0.717, 1.165) is 38.5 Å².